The third kappa shape index (κ3) is 5.14. The number of aliphatic hydroxyl groups is 1. The van der Waals surface area contributed by atoms with Gasteiger partial charge in [-0.2, -0.15) is 13.2 Å². The third-order valence-electron chi connectivity index (χ3n) is 2.67. The Balaban J connectivity index is 3.09. The van der Waals surface area contributed by atoms with Crippen molar-refractivity contribution in [2.24, 2.45) is 0 Å². The molecular weight excluding hydrogens is 331 g/mol. The molecule has 0 saturated heterocycles. The van der Waals surface area contributed by atoms with E-state index in [9.17, 15) is 26.7 Å². The number of alkyl halides is 3. The van der Waals surface area contributed by atoms with Gasteiger partial charge in [-0.3, -0.25) is 0 Å². The zero-order valence-corrected chi connectivity index (χ0v) is 12.7. The van der Waals surface area contributed by atoms with Crippen molar-refractivity contribution in [2.45, 2.75) is 36.9 Å². The summed E-state index contributed by atoms with van der Waals surface area (Å²) in [5.41, 5.74) is -1.34. The van der Waals surface area contributed by atoms with E-state index in [0.29, 0.717) is 18.9 Å². The van der Waals surface area contributed by atoms with Gasteiger partial charge in [-0.25, -0.2) is 13.1 Å². The Kier molecular flexibility index (Phi) is 6.03. The molecule has 0 heterocycles. The lowest BCUT2D eigenvalue weighted by atomic mass is 10.2. The molecule has 4 nitrogen and oxygen atoms in total. The molecule has 0 aliphatic heterocycles. The molecule has 0 aliphatic rings. The predicted octanol–water partition coefficient (Wildman–Crippen LogP) is 2.80. The van der Waals surface area contributed by atoms with Crippen molar-refractivity contribution >= 4 is 21.6 Å². The van der Waals surface area contributed by atoms with Crippen LogP contribution in [0.15, 0.2) is 23.1 Å². The van der Waals surface area contributed by atoms with Crippen molar-refractivity contribution in [2.75, 3.05) is 6.54 Å². The number of hydrogen-bond acceptors (Lipinski definition) is 3. The average Bonchev–Trinajstić information content (AvgIpc) is 2.35. The minimum Gasteiger partial charge on any atom is -0.392 e. The molecule has 0 amide bonds. The van der Waals surface area contributed by atoms with Crippen LogP contribution in [0.2, 0.25) is 5.02 Å². The first kappa shape index (κ1) is 18.2. The van der Waals surface area contributed by atoms with Crippen LogP contribution in [-0.2, 0) is 16.2 Å². The molecule has 120 valence electrons. The van der Waals surface area contributed by atoms with E-state index < -0.39 is 32.8 Å². The van der Waals surface area contributed by atoms with Crippen molar-refractivity contribution in [3.63, 3.8) is 0 Å². The maximum atomic E-state index is 12.9. The van der Waals surface area contributed by atoms with Gasteiger partial charge in [-0.15, -0.1) is 0 Å². The van der Waals surface area contributed by atoms with Gasteiger partial charge in [-0.05, 0) is 24.6 Å². The topological polar surface area (TPSA) is 66.4 Å². The van der Waals surface area contributed by atoms with E-state index in [1.165, 1.54) is 0 Å². The highest BCUT2D eigenvalue weighted by atomic mass is 35.5. The van der Waals surface area contributed by atoms with Crippen LogP contribution in [0.5, 0.6) is 0 Å². The minimum absolute atomic E-state index is 0.215. The summed E-state index contributed by atoms with van der Waals surface area (Å²) in [6.45, 7) is 1.44. The highest BCUT2D eigenvalue weighted by Crippen LogP contribution is 2.35. The summed E-state index contributed by atoms with van der Waals surface area (Å²) < 4.78 is 64.5. The molecule has 0 fully saturated rings. The third-order valence-corrected chi connectivity index (χ3v) is 4.38. The quantitative estimate of drug-likeness (QED) is 0.833. The molecule has 0 spiro atoms. The molecule has 1 unspecified atom stereocenters. The molecule has 1 aromatic carbocycles. The molecule has 9 heteroatoms. The summed E-state index contributed by atoms with van der Waals surface area (Å²) in [6.07, 6.45) is -4.84. The van der Waals surface area contributed by atoms with E-state index in [2.05, 4.69) is 0 Å². The van der Waals surface area contributed by atoms with Gasteiger partial charge < -0.3 is 5.11 Å². The van der Waals surface area contributed by atoms with Gasteiger partial charge in [0.15, 0.2) is 0 Å². The molecule has 1 rings (SSSR count). The second-order valence-electron chi connectivity index (χ2n) is 4.43. The SMILES string of the molecule is CCCC(O)CNS(=O)(=O)c1ccc(Cl)cc1C(F)(F)F. The molecule has 0 radical (unpaired) electrons. The van der Waals surface area contributed by atoms with E-state index in [1.807, 2.05) is 4.72 Å². The van der Waals surface area contributed by atoms with Crippen molar-refractivity contribution in [1.29, 1.82) is 0 Å². The van der Waals surface area contributed by atoms with Gasteiger partial charge in [0.05, 0.1) is 16.6 Å². The molecule has 0 bridgehead atoms. The lowest BCUT2D eigenvalue weighted by molar-refractivity contribution is -0.139. The van der Waals surface area contributed by atoms with Crippen molar-refractivity contribution in [3.05, 3.63) is 28.8 Å². The fourth-order valence-electron chi connectivity index (χ4n) is 1.68. The van der Waals surface area contributed by atoms with Crippen LogP contribution < -0.4 is 4.72 Å². The molecular formula is C12H15ClF3NO3S. The van der Waals surface area contributed by atoms with E-state index >= 15 is 0 Å². The van der Waals surface area contributed by atoms with Gasteiger partial charge in [0.25, 0.3) is 0 Å². The zero-order chi connectivity index (χ0) is 16.3. The summed E-state index contributed by atoms with van der Waals surface area (Å²) in [5, 5.41) is 9.25. The first-order chi connectivity index (χ1) is 9.58. The fraction of sp³-hybridized carbons (Fsp3) is 0.500. The summed E-state index contributed by atoms with van der Waals surface area (Å²) in [4.78, 5) is -0.914. The van der Waals surface area contributed by atoms with Gasteiger partial charge in [0, 0.05) is 11.6 Å². The first-order valence-corrected chi connectivity index (χ1v) is 7.98. The Labute approximate surface area is 126 Å². The zero-order valence-electron chi connectivity index (χ0n) is 11.1. The monoisotopic (exact) mass is 345 g/mol. The first-order valence-electron chi connectivity index (χ1n) is 6.12. The highest BCUT2D eigenvalue weighted by molar-refractivity contribution is 7.89. The summed E-state index contributed by atoms with van der Waals surface area (Å²) in [5.74, 6) is 0. The highest BCUT2D eigenvalue weighted by Gasteiger charge is 2.37. The second-order valence-corrected chi connectivity index (χ2v) is 6.60. The van der Waals surface area contributed by atoms with Crippen molar-refractivity contribution in [1.82, 2.24) is 4.72 Å². The fourth-order valence-corrected chi connectivity index (χ4v) is 3.13. The average molecular weight is 346 g/mol. The van der Waals surface area contributed by atoms with Crippen molar-refractivity contribution in [3.8, 4) is 0 Å². The van der Waals surface area contributed by atoms with Crippen molar-refractivity contribution < 1.29 is 26.7 Å². The summed E-state index contributed by atoms with van der Waals surface area (Å²) in [6, 6.07) is 2.41. The lowest BCUT2D eigenvalue weighted by Gasteiger charge is -2.15. The Morgan fingerprint density at radius 2 is 2.00 bits per heavy atom. The van der Waals surface area contributed by atoms with E-state index in [1.54, 1.807) is 6.92 Å². The maximum Gasteiger partial charge on any atom is 0.417 e. The second kappa shape index (κ2) is 6.95. The molecule has 0 saturated carbocycles. The van der Waals surface area contributed by atoms with E-state index in [-0.39, 0.29) is 11.6 Å². The number of benzene rings is 1. The Morgan fingerprint density at radius 3 is 2.52 bits per heavy atom. The van der Waals surface area contributed by atoms with E-state index in [0.717, 1.165) is 12.1 Å². The standard InChI is InChI=1S/C12H15ClF3NO3S/c1-2-3-9(18)7-17-21(19,20)11-5-4-8(13)6-10(11)12(14,15)16/h4-6,9,17-18H,2-3,7H2,1H3. The van der Waals surface area contributed by atoms with Crippen LogP contribution in [0.1, 0.15) is 25.3 Å². The number of halogens is 4. The number of aliphatic hydroxyl groups excluding tert-OH is 1. The number of hydrogen-bond donors (Lipinski definition) is 2. The van der Waals surface area contributed by atoms with Crippen LogP contribution in [0.3, 0.4) is 0 Å². The molecule has 1 aromatic rings. The smallest absolute Gasteiger partial charge is 0.392 e. The molecule has 1 atom stereocenters. The minimum atomic E-state index is -4.85. The molecule has 0 aliphatic carbocycles. The number of sulfonamides is 1. The molecule has 21 heavy (non-hydrogen) atoms. The number of rotatable bonds is 6. The predicted molar refractivity (Wildman–Crippen MR) is 72.6 cm³/mol. The molecule has 0 aromatic heterocycles. The Bertz CT molecular complexity index is 590. The van der Waals surface area contributed by atoms with Crippen LogP contribution >= 0.6 is 11.6 Å². The van der Waals surface area contributed by atoms with Crippen LogP contribution in [0.25, 0.3) is 0 Å². The Morgan fingerprint density at radius 1 is 1.38 bits per heavy atom. The normalized spacial score (nSPS) is 14.2. The van der Waals surface area contributed by atoms with Gasteiger partial charge in [0.1, 0.15) is 0 Å². The maximum absolute atomic E-state index is 12.9. The van der Waals surface area contributed by atoms with Gasteiger partial charge in [-0.1, -0.05) is 24.9 Å². The van der Waals surface area contributed by atoms with Gasteiger partial charge >= 0.3 is 6.18 Å². The summed E-state index contributed by atoms with van der Waals surface area (Å²) in [7, 11) is -4.39. The summed E-state index contributed by atoms with van der Waals surface area (Å²) >= 11 is 5.49. The lowest BCUT2D eigenvalue weighted by Crippen LogP contribution is -2.33. The van der Waals surface area contributed by atoms with Gasteiger partial charge in [0.2, 0.25) is 10.0 Å². The van der Waals surface area contributed by atoms with Crippen LogP contribution in [-0.4, -0.2) is 26.2 Å². The van der Waals surface area contributed by atoms with Crippen LogP contribution in [0.4, 0.5) is 13.2 Å². The van der Waals surface area contributed by atoms with Crippen LogP contribution in [0, 0.1) is 0 Å². The number of nitrogens with one attached hydrogen (secondary N) is 1. The largest absolute Gasteiger partial charge is 0.417 e. The van der Waals surface area contributed by atoms with E-state index in [4.69, 9.17) is 11.6 Å². The molecule has 2 N–H and O–H groups in total. The Hall–Kier alpha value is -0.830.